The lowest BCUT2D eigenvalue weighted by Gasteiger charge is -2.24. The molecule has 1 aromatic heterocycles. The molecule has 1 amide bonds. The van der Waals surface area contributed by atoms with Crippen LogP contribution in [0.5, 0.6) is 5.75 Å². The number of nitrogens with one attached hydrogen (secondary N) is 1. The average Bonchev–Trinajstić information content (AvgIpc) is 3.01. The fourth-order valence-corrected chi connectivity index (χ4v) is 4.91. The summed E-state index contributed by atoms with van der Waals surface area (Å²) >= 11 is 0. The van der Waals surface area contributed by atoms with E-state index in [1.807, 2.05) is 24.0 Å². The van der Waals surface area contributed by atoms with Gasteiger partial charge in [0.05, 0.1) is 24.3 Å². The molecule has 1 N–H and O–H groups in total. The lowest BCUT2D eigenvalue weighted by Crippen LogP contribution is -2.33. The number of rotatable bonds is 5. The van der Waals surface area contributed by atoms with Crippen molar-refractivity contribution in [2.24, 2.45) is 0 Å². The molecule has 2 heterocycles. The number of benzene rings is 1. The summed E-state index contributed by atoms with van der Waals surface area (Å²) in [7, 11) is 0.366. The van der Waals surface area contributed by atoms with Crippen LogP contribution >= 0.6 is 0 Å². The normalized spacial score (nSPS) is 18.1. The van der Waals surface area contributed by atoms with Crippen LogP contribution in [-0.2, 0) is 9.84 Å². The van der Waals surface area contributed by atoms with Gasteiger partial charge in [-0.1, -0.05) is 6.07 Å². The maximum Gasteiger partial charge on any atom is 0.255 e. The molecule has 0 bridgehead atoms. The molecule has 3 rings (SSSR count). The summed E-state index contributed by atoms with van der Waals surface area (Å²) in [5.41, 5.74) is 2.04. The first-order chi connectivity index (χ1) is 12.8. The molecule has 1 unspecified atom stereocenters. The van der Waals surface area contributed by atoms with Gasteiger partial charge in [0.25, 0.3) is 5.91 Å². The molecule has 1 atom stereocenters. The van der Waals surface area contributed by atoms with Crippen LogP contribution < -0.4 is 15.0 Å². The second-order valence-electron chi connectivity index (χ2n) is 6.73. The van der Waals surface area contributed by atoms with E-state index in [2.05, 4.69) is 10.3 Å². The first kappa shape index (κ1) is 19.2. The molecule has 2 aromatic rings. The van der Waals surface area contributed by atoms with Crippen LogP contribution in [0.15, 0.2) is 36.5 Å². The van der Waals surface area contributed by atoms with Crippen molar-refractivity contribution in [1.29, 1.82) is 0 Å². The van der Waals surface area contributed by atoms with Gasteiger partial charge in [-0.2, -0.15) is 0 Å². The lowest BCUT2D eigenvalue weighted by atomic mass is 10.1. The zero-order valence-corrected chi connectivity index (χ0v) is 16.4. The zero-order chi connectivity index (χ0) is 19.6. The Morgan fingerprint density at radius 3 is 2.74 bits per heavy atom. The Hall–Kier alpha value is -2.61. The number of nitrogens with zero attached hydrogens (tertiary/aromatic N) is 2. The summed E-state index contributed by atoms with van der Waals surface area (Å²) in [6.07, 6.45) is 2.12. The summed E-state index contributed by atoms with van der Waals surface area (Å²) in [6.45, 7) is 1.93. The highest BCUT2D eigenvalue weighted by molar-refractivity contribution is 7.91. The average molecular weight is 389 g/mol. The predicted octanol–water partition coefficient (Wildman–Crippen LogP) is 2.27. The van der Waals surface area contributed by atoms with Crippen LogP contribution in [-0.4, -0.2) is 51.0 Å². The van der Waals surface area contributed by atoms with Crippen molar-refractivity contribution in [3.63, 3.8) is 0 Å². The van der Waals surface area contributed by atoms with E-state index in [9.17, 15) is 13.2 Å². The molecule has 0 radical (unpaired) electrons. The maximum absolute atomic E-state index is 12.7. The lowest BCUT2D eigenvalue weighted by molar-refractivity contribution is 0.102. The van der Waals surface area contributed by atoms with E-state index >= 15 is 0 Å². The summed E-state index contributed by atoms with van der Waals surface area (Å²) in [6, 6.07) is 8.72. The molecule has 8 heteroatoms. The van der Waals surface area contributed by atoms with Gasteiger partial charge in [-0.3, -0.25) is 4.79 Å². The topological polar surface area (TPSA) is 88.6 Å². The van der Waals surface area contributed by atoms with E-state index in [0.717, 1.165) is 5.56 Å². The van der Waals surface area contributed by atoms with E-state index in [1.165, 1.54) is 0 Å². The highest BCUT2D eigenvalue weighted by Crippen LogP contribution is 2.26. The summed E-state index contributed by atoms with van der Waals surface area (Å²) in [4.78, 5) is 18.8. The maximum atomic E-state index is 12.7. The SMILES string of the molecule is COc1ccc(C)cc1NC(=O)c1ccnc(N(C)C2CCS(=O)(=O)C2)c1. The zero-order valence-electron chi connectivity index (χ0n) is 15.6. The second kappa shape index (κ2) is 7.56. The Bertz CT molecular complexity index is 959. The minimum absolute atomic E-state index is 0.113. The number of aromatic nitrogens is 1. The third-order valence-electron chi connectivity index (χ3n) is 4.73. The number of pyridine rings is 1. The fraction of sp³-hybridized carbons (Fsp3) is 0.368. The van der Waals surface area contributed by atoms with Crippen molar-refractivity contribution in [2.45, 2.75) is 19.4 Å². The molecular formula is C19H23N3O4S. The van der Waals surface area contributed by atoms with Gasteiger partial charge >= 0.3 is 0 Å². The number of anilines is 2. The van der Waals surface area contributed by atoms with Crippen molar-refractivity contribution in [3.8, 4) is 5.75 Å². The Morgan fingerprint density at radius 2 is 2.07 bits per heavy atom. The molecule has 1 aromatic carbocycles. The summed E-state index contributed by atoms with van der Waals surface area (Å²) in [5.74, 6) is 1.17. The van der Waals surface area contributed by atoms with Crippen LogP contribution in [0.3, 0.4) is 0 Å². The van der Waals surface area contributed by atoms with E-state index in [1.54, 1.807) is 38.6 Å². The van der Waals surface area contributed by atoms with Crippen molar-refractivity contribution >= 4 is 27.2 Å². The number of sulfone groups is 1. The Labute approximate surface area is 159 Å². The van der Waals surface area contributed by atoms with Crippen LogP contribution in [0.1, 0.15) is 22.3 Å². The molecule has 27 heavy (non-hydrogen) atoms. The smallest absolute Gasteiger partial charge is 0.255 e. The molecule has 1 fully saturated rings. The second-order valence-corrected chi connectivity index (χ2v) is 8.96. The number of carbonyl (C=O) groups is 1. The molecule has 1 saturated heterocycles. The monoisotopic (exact) mass is 389 g/mol. The minimum atomic E-state index is -2.99. The van der Waals surface area contributed by atoms with Gasteiger partial charge in [-0.25, -0.2) is 13.4 Å². The van der Waals surface area contributed by atoms with Crippen molar-refractivity contribution in [3.05, 3.63) is 47.7 Å². The first-order valence-electron chi connectivity index (χ1n) is 8.64. The third-order valence-corrected chi connectivity index (χ3v) is 6.48. The highest BCUT2D eigenvalue weighted by Gasteiger charge is 2.31. The van der Waals surface area contributed by atoms with Crippen LogP contribution in [0.25, 0.3) is 0 Å². The van der Waals surface area contributed by atoms with Crippen LogP contribution in [0, 0.1) is 6.92 Å². The van der Waals surface area contributed by atoms with Gasteiger partial charge in [-0.15, -0.1) is 0 Å². The van der Waals surface area contributed by atoms with Crippen molar-refractivity contribution in [1.82, 2.24) is 4.98 Å². The standard InChI is InChI=1S/C19H23N3O4S/c1-13-4-5-17(26-3)16(10-13)21-19(23)14-6-8-20-18(11-14)22(2)15-7-9-27(24,25)12-15/h4-6,8,10-11,15H,7,9,12H2,1-3H3,(H,21,23). The molecule has 0 spiro atoms. The largest absolute Gasteiger partial charge is 0.495 e. The molecule has 7 nitrogen and oxygen atoms in total. The molecule has 0 aliphatic carbocycles. The number of ether oxygens (including phenoxy) is 1. The predicted molar refractivity (Wildman–Crippen MR) is 105 cm³/mol. The first-order valence-corrected chi connectivity index (χ1v) is 10.5. The summed E-state index contributed by atoms with van der Waals surface area (Å²) in [5, 5.41) is 2.86. The minimum Gasteiger partial charge on any atom is -0.495 e. The van der Waals surface area contributed by atoms with Gasteiger partial charge < -0.3 is 15.0 Å². The molecule has 1 aliphatic heterocycles. The van der Waals surface area contributed by atoms with E-state index in [4.69, 9.17) is 4.74 Å². The highest BCUT2D eigenvalue weighted by atomic mass is 32.2. The Balaban J connectivity index is 1.79. The van der Waals surface area contributed by atoms with Gasteiger partial charge in [0.2, 0.25) is 0 Å². The number of hydrogen-bond donors (Lipinski definition) is 1. The number of amides is 1. The third kappa shape index (κ3) is 4.39. The summed E-state index contributed by atoms with van der Waals surface area (Å²) < 4.78 is 28.7. The van der Waals surface area contributed by atoms with E-state index in [-0.39, 0.29) is 23.5 Å². The van der Waals surface area contributed by atoms with Gasteiger partial charge in [0.1, 0.15) is 11.6 Å². The number of methoxy groups -OCH3 is 1. The molecule has 144 valence electrons. The number of hydrogen-bond acceptors (Lipinski definition) is 6. The number of carbonyl (C=O) groups excluding carboxylic acids is 1. The van der Waals surface area contributed by atoms with Crippen molar-refractivity contribution < 1.29 is 17.9 Å². The molecule has 1 aliphatic rings. The van der Waals surface area contributed by atoms with Crippen LogP contribution in [0.4, 0.5) is 11.5 Å². The Kier molecular flexibility index (Phi) is 5.36. The van der Waals surface area contributed by atoms with Crippen molar-refractivity contribution in [2.75, 3.05) is 35.9 Å². The Morgan fingerprint density at radius 1 is 1.30 bits per heavy atom. The fourth-order valence-electron chi connectivity index (χ4n) is 3.13. The van der Waals surface area contributed by atoms with Gasteiger partial charge in [0.15, 0.2) is 9.84 Å². The van der Waals surface area contributed by atoms with Gasteiger partial charge in [-0.05, 0) is 43.2 Å². The van der Waals surface area contributed by atoms with Crippen LogP contribution in [0.2, 0.25) is 0 Å². The number of aryl methyl sites for hydroxylation is 1. The van der Waals surface area contributed by atoms with E-state index < -0.39 is 9.84 Å². The van der Waals surface area contributed by atoms with Gasteiger partial charge in [0, 0.05) is 24.8 Å². The molecular weight excluding hydrogens is 366 g/mol. The molecule has 0 saturated carbocycles. The van der Waals surface area contributed by atoms with E-state index in [0.29, 0.717) is 29.2 Å². The quantitative estimate of drug-likeness (QED) is 0.844.